The molecule has 1 aliphatic heterocycles. The fourth-order valence-corrected chi connectivity index (χ4v) is 3.61. The molecule has 2 heterocycles. The van der Waals surface area contributed by atoms with Crippen LogP contribution < -0.4 is 11.1 Å². The Morgan fingerprint density at radius 1 is 1.50 bits per heavy atom. The molecule has 0 atom stereocenters. The van der Waals surface area contributed by atoms with E-state index in [2.05, 4.69) is 26.2 Å². The lowest BCUT2D eigenvalue weighted by Crippen LogP contribution is -2.03. The van der Waals surface area contributed by atoms with Crippen LogP contribution >= 0.6 is 27.3 Å². The van der Waals surface area contributed by atoms with Crippen molar-refractivity contribution < 1.29 is 4.79 Å². The second-order valence-corrected chi connectivity index (χ2v) is 5.86. The maximum atomic E-state index is 11.3. The van der Waals surface area contributed by atoms with Gasteiger partial charge < -0.3 is 11.1 Å². The summed E-state index contributed by atoms with van der Waals surface area (Å²) in [6.45, 7) is 0.439. The molecule has 3 rings (SSSR count). The third kappa shape index (κ3) is 1.96. The van der Waals surface area contributed by atoms with Gasteiger partial charge in [-0.3, -0.25) is 4.79 Å². The molecule has 2 aromatic rings. The highest BCUT2D eigenvalue weighted by atomic mass is 79.9. The molecule has 1 aromatic carbocycles. The van der Waals surface area contributed by atoms with E-state index in [4.69, 9.17) is 5.73 Å². The number of hydrogen-bond donors (Lipinski definition) is 2. The smallest absolute Gasteiger partial charge is 0.228 e. The van der Waals surface area contributed by atoms with E-state index in [9.17, 15) is 4.79 Å². The van der Waals surface area contributed by atoms with E-state index >= 15 is 0 Å². The topological polar surface area (TPSA) is 68.0 Å². The summed E-state index contributed by atoms with van der Waals surface area (Å²) in [5.74, 6) is 0.0492. The maximum Gasteiger partial charge on any atom is 0.228 e. The minimum absolute atomic E-state index is 0.0492. The first-order valence-corrected chi connectivity index (χ1v) is 7.07. The van der Waals surface area contributed by atoms with Crippen LogP contribution in [-0.2, 0) is 17.8 Å². The zero-order chi connectivity index (χ0) is 12.7. The minimum atomic E-state index is 0.0492. The Bertz CT molecular complexity index is 638. The Labute approximate surface area is 116 Å². The number of fused-ring (bicyclic) bond motifs is 1. The molecule has 0 fully saturated rings. The Balaban J connectivity index is 2.05. The third-order valence-electron chi connectivity index (χ3n) is 2.80. The highest BCUT2D eigenvalue weighted by Crippen LogP contribution is 2.36. The number of aromatic nitrogens is 1. The van der Waals surface area contributed by atoms with Crippen molar-refractivity contribution in [2.45, 2.75) is 13.0 Å². The van der Waals surface area contributed by atoms with Gasteiger partial charge in [-0.25, -0.2) is 4.98 Å². The van der Waals surface area contributed by atoms with Crippen molar-refractivity contribution in [2.75, 3.05) is 5.32 Å². The van der Waals surface area contributed by atoms with Gasteiger partial charge >= 0.3 is 0 Å². The van der Waals surface area contributed by atoms with Crippen LogP contribution in [0.5, 0.6) is 0 Å². The summed E-state index contributed by atoms with van der Waals surface area (Å²) in [4.78, 5) is 16.7. The molecule has 1 aliphatic rings. The van der Waals surface area contributed by atoms with Crippen molar-refractivity contribution in [1.82, 2.24) is 4.98 Å². The zero-order valence-corrected chi connectivity index (χ0v) is 11.8. The first kappa shape index (κ1) is 11.8. The molecule has 0 saturated heterocycles. The number of hydrogen-bond acceptors (Lipinski definition) is 4. The lowest BCUT2D eigenvalue weighted by Gasteiger charge is -2.02. The Morgan fingerprint density at radius 2 is 2.33 bits per heavy atom. The molecule has 0 aliphatic carbocycles. The van der Waals surface area contributed by atoms with Crippen LogP contribution in [-0.4, -0.2) is 10.9 Å². The number of nitrogens with two attached hydrogens (primary N) is 1. The van der Waals surface area contributed by atoms with Crippen LogP contribution in [0.4, 0.5) is 5.69 Å². The fraction of sp³-hybridized carbons (Fsp3) is 0.167. The number of benzene rings is 1. The number of nitrogens with one attached hydrogen (secondary N) is 1. The molecule has 6 heteroatoms. The average molecular weight is 324 g/mol. The monoisotopic (exact) mass is 323 g/mol. The van der Waals surface area contributed by atoms with E-state index in [0.717, 1.165) is 31.3 Å². The molecular weight excluding hydrogens is 314 g/mol. The van der Waals surface area contributed by atoms with Crippen molar-refractivity contribution in [3.8, 4) is 10.4 Å². The number of nitrogens with zero attached hydrogens (tertiary/aromatic N) is 1. The van der Waals surface area contributed by atoms with Gasteiger partial charge in [0.05, 0.1) is 11.3 Å². The van der Waals surface area contributed by atoms with Crippen LogP contribution in [0.25, 0.3) is 10.4 Å². The standard InChI is InChI=1S/C12H10BrN3OS/c13-12-11(18-10(5-14)16-12)6-1-2-8-7(3-6)4-9(17)15-8/h1-3H,4-5,14H2,(H,15,17). The van der Waals surface area contributed by atoms with Crippen molar-refractivity contribution in [3.63, 3.8) is 0 Å². The first-order chi connectivity index (χ1) is 8.67. The molecule has 92 valence electrons. The van der Waals surface area contributed by atoms with Gasteiger partial charge in [0.25, 0.3) is 0 Å². The lowest BCUT2D eigenvalue weighted by molar-refractivity contribution is -0.115. The molecule has 3 N–H and O–H groups in total. The predicted molar refractivity (Wildman–Crippen MR) is 75.5 cm³/mol. The number of amides is 1. The Morgan fingerprint density at radius 3 is 3.06 bits per heavy atom. The quantitative estimate of drug-likeness (QED) is 0.892. The summed E-state index contributed by atoms with van der Waals surface area (Å²) in [7, 11) is 0. The number of anilines is 1. The lowest BCUT2D eigenvalue weighted by atomic mass is 10.1. The fourth-order valence-electron chi connectivity index (χ4n) is 1.98. The average Bonchev–Trinajstić information content (AvgIpc) is 2.89. The van der Waals surface area contributed by atoms with Crippen LogP contribution in [0.2, 0.25) is 0 Å². The molecule has 18 heavy (non-hydrogen) atoms. The highest BCUT2D eigenvalue weighted by molar-refractivity contribution is 9.10. The van der Waals surface area contributed by atoms with E-state index in [0.29, 0.717) is 13.0 Å². The molecular formula is C12H10BrN3OS. The summed E-state index contributed by atoms with van der Waals surface area (Å²) >= 11 is 5.02. The summed E-state index contributed by atoms with van der Waals surface area (Å²) < 4.78 is 0.810. The van der Waals surface area contributed by atoms with Crippen LogP contribution in [0.15, 0.2) is 22.8 Å². The molecule has 0 unspecified atom stereocenters. The summed E-state index contributed by atoms with van der Waals surface area (Å²) in [6, 6.07) is 5.96. The van der Waals surface area contributed by atoms with Crippen LogP contribution in [0.1, 0.15) is 10.6 Å². The molecule has 4 nitrogen and oxygen atoms in total. The summed E-state index contributed by atoms with van der Waals surface area (Å²) in [5, 5.41) is 3.72. The van der Waals surface area contributed by atoms with Crippen molar-refractivity contribution in [3.05, 3.63) is 33.4 Å². The number of carbonyl (C=O) groups is 1. The largest absolute Gasteiger partial charge is 0.326 e. The minimum Gasteiger partial charge on any atom is -0.326 e. The number of carbonyl (C=O) groups excluding carboxylic acids is 1. The van der Waals surface area contributed by atoms with Crippen molar-refractivity contribution >= 4 is 38.9 Å². The van der Waals surface area contributed by atoms with Crippen molar-refractivity contribution in [2.24, 2.45) is 5.73 Å². The van der Waals surface area contributed by atoms with Crippen LogP contribution in [0, 0.1) is 0 Å². The molecule has 0 bridgehead atoms. The van der Waals surface area contributed by atoms with Crippen LogP contribution in [0.3, 0.4) is 0 Å². The SMILES string of the molecule is NCc1nc(Br)c(-c2ccc3c(c2)CC(=O)N3)s1. The number of rotatable bonds is 2. The second-order valence-electron chi connectivity index (χ2n) is 4.03. The normalized spacial score (nSPS) is 13.6. The third-order valence-corrected chi connectivity index (χ3v) is 4.76. The van der Waals surface area contributed by atoms with Gasteiger partial charge in [0.15, 0.2) is 0 Å². The Kier molecular flexibility index (Phi) is 2.93. The number of halogens is 1. The van der Waals surface area contributed by atoms with E-state index in [1.165, 1.54) is 0 Å². The summed E-state index contributed by atoms with van der Waals surface area (Å²) in [6.07, 6.45) is 0.448. The predicted octanol–water partition coefficient (Wildman–Crippen LogP) is 2.53. The van der Waals surface area contributed by atoms with Gasteiger partial charge in [-0.1, -0.05) is 6.07 Å². The van der Waals surface area contributed by atoms with E-state index < -0.39 is 0 Å². The number of thiazole rings is 1. The molecule has 0 spiro atoms. The van der Waals surface area contributed by atoms with Gasteiger partial charge in [0, 0.05) is 12.2 Å². The van der Waals surface area contributed by atoms with E-state index in [-0.39, 0.29) is 5.91 Å². The van der Waals surface area contributed by atoms with Gasteiger partial charge in [0.1, 0.15) is 9.61 Å². The highest BCUT2D eigenvalue weighted by Gasteiger charge is 2.19. The maximum absolute atomic E-state index is 11.3. The summed E-state index contributed by atoms with van der Waals surface area (Å²) in [5.41, 5.74) is 8.60. The second kappa shape index (κ2) is 4.46. The van der Waals surface area contributed by atoms with Crippen molar-refractivity contribution in [1.29, 1.82) is 0 Å². The Hall–Kier alpha value is -1.24. The zero-order valence-electron chi connectivity index (χ0n) is 9.37. The van der Waals surface area contributed by atoms with Gasteiger partial charge in [-0.2, -0.15) is 0 Å². The molecule has 0 radical (unpaired) electrons. The van der Waals surface area contributed by atoms with E-state index in [1.807, 2.05) is 18.2 Å². The molecule has 1 amide bonds. The first-order valence-electron chi connectivity index (χ1n) is 5.46. The molecule has 0 saturated carbocycles. The molecule has 1 aromatic heterocycles. The van der Waals surface area contributed by atoms with Gasteiger partial charge in [0.2, 0.25) is 5.91 Å². The van der Waals surface area contributed by atoms with E-state index in [1.54, 1.807) is 11.3 Å². The van der Waals surface area contributed by atoms with Gasteiger partial charge in [-0.05, 0) is 39.2 Å². The van der Waals surface area contributed by atoms with Gasteiger partial charge in [-0.15, -0.1) is 11.3 Å².